The van der Waals surface area contributed by atoms with Crippen molar-refractivity contribution in [3.63, 3.8) is 0 Å². The first-order chi connectivity index (χ1) is 17.4. The number of carbonyl (C=O) groups excluding carboxylic acids is 1. The molecule has 0 bridgehead atoms. The zero-order chi connectivity index (χ0) is 25.2. The van der Waals surface area contributed by atoms with E-state index >= 15 is 0 Å². The normalized spacial score (nSPS) is 13.4. The molecule has 0 saturated heterocycles. The van der Waals surface area contributed by atoms with E-state index in [1.54, 1.807) is 6.92 Å². The maximum absolute atomic E-state index is 12.1. The van der Waals surface area contributed by atoms with Crippen molar-refractivity contribution in [1.29, 1.82) is 5.26 Å². The van der Waals surface area contributed by atoms with Crippen LogP contribution in [0.5, 0.6) is 5.75 Å². The Morgan fingerprint density at radius 3 is 2.61 bits per heavy atom. The van der Waals surface area contributed by atoms with E-state index < -0.39 is 0 Å². The number of urea groups is 1. The monoisotopic (exact) mass is 484 g/mol. The van der Waals surface area contributed by atoms with Gasteiger partial charge < -0.3 is 24.4 Å². The van der Waals surface area contributed by atoms with Gasteiger partial charge in [0.25, 0.3) is 5.89 Å². The smallest absolute Gasteiger partial charge is 0.319 e. The molecule has 0 unspecified atom stereocenters. The lowest BCUT2D eigenvalue weighted by atomic mass is 9.92. The first-order valence-corrected chi connectivity index (χ1v) is 12.1. The van der Waals surface area contributed by atoms with Crippen LogP contribution in [0.4, 0.5) is 10.5 Å². The fourth-order valence-electron chi connectivity index (χ4n) is 4.48. The molecule has 2 heterocycles. The van der Waals surface area contributed by atoms with Crippen LogP contribution in [0.2, 0.25) is 0 Å². The van der Waals surface area contributed by atoms with E-state index in [2.05, 4.69) is 31.5 Å². The molecule has 2 N–H and O–H groups in total. The Labute approximate surface area is 209 Å². The minimum absolute atomic E-state index is 0.0469. The van der Waals surface area contributed by atoms with Crippen molar-refractivity contribution in [1.82, 2.24) is 20.1 Å². The third-order valence-electron chi connectivity index (χ3n) is 6.29. The lowest BCUT2D eigenvalue weighted by molar-refractivity contribution is 0.250. The summed E-state index contributed by atoms with van der Waals surface area (Å²) in [6.45, 7) is 5.73. The Bertz CT molecular complexity index is 1440. The minimum Gasteiger partial charge on any atom is -0.484 e. The van der Waals surface area contributed by atoms with E-state index in [4.69, 9.17) is 9.15 Å². The Morgan fingerprint density at radius 2 is 2.00 bits per heavy atom. The van der Waals surface area contributed by atoms with Gasteiger partial charge in [-0.1, -0.05) is 12.1 Å². The zero-order valence-electron chi connectivity index (χ0n) is 20.5. The van der Waals surface area contributed by atoms with Crippen LogP contribution >= 0.6 is 0 Å². The molecule has 1 fully saturated rings. The molecule has 2 amide bonds. The van der Waals surface area contributed by atoms with Crippen molar-refractivity contribution in [2.45, 2.75) is 58.7 Å². The van der Waals surface area contributed by atoms with Crippen LogP contribution in [0.1, 0.15) is 56.5 Å². The summed E-state index contributed by atoms with van der Waals surface area (Å²) < 4.78 is 13.6. The van der Waals surface area contributed by atoms with Crippen LogP contribution in [-0.4, -0.2) is 26.8 Å². The summed E-state index contributed by atoms with van der Waals surface area (Å²) in [6.07, 6.45) is 3.28. The lowest BCUT2D eigenvalue weighted by Crippen LogP contribution is -2.34. The number of hydrogen-bond acceptors (Lipinski definition) is 6. The van der Waals surface area contributed by atoms with E-state index in [1.807, 2.05) is 56.3 Å². The number of nitrogens with zero attached hydrogens (tertiary/aromatic N) is 4. The predicted molar refractivity (Wildman–Crippen MR) is 136 cm³/mol. The Morgan fingerprint density at radius 1 is 1.22 bits per heavy atom. The highest BCUT2D eigenvalue weighted by atomic mass is 16.5. The molecule has 0 radical (unpaired) electrons. The molecular formula is C27H28N6O3. The van der Waals surface area contributed by atoms with Crippen molar-refractivity contribution in [3.05, 3.63) is 59.8 Å². The quantitative estimate of drug-likeness (QED) is 0.347. The SMILES string of the molecule is Cc1nnc(COc2ccc3c(C#N)c(-c4ccc(NC(=O)NC(C)C)cc4)n(C4CCC4)c3c2)o1. The summed E-state index contributed by atoms with van der Waals surface area (Å²) in [5.74, 6) is 1.58. The third-order valence-corrected chi connectivity index (χ3v) is 6.29. The number of nitrogens with one attached hydrogen (secondary N) is 2. The van der Waals surface area contributed by atoms with Gasteiger partial charge in [0.2, 0.25) is 5.89 Å². The molecule has 9 nitrogen and oxygen atoms in total. The highest BCUT2D eigenvalue weighted by molar-refractivity contribution is 5.96. The Balaban J connectivity index is 1.50. The first kappa shape index (κ1) is 23.4. The molecule has 1 saturated carbocycles. The van der Waals surface area contributed by atoms with Gasteiger partial charge in [0, 0.05) is 36.1 Å². The van der Waals surface area contributed by atoms with Crippen molar-refractivity contribution < 1.29 is 13.9 Å². The zero-order valence-corrected chi connectivity index (χ0v) is 20.5. The average molecular weight is 485 g/mol. The van der Waals surface area contributed by atoms with Crippen LogP contribution in [0.25, 0.3) is 22.2 Å². The summed E-state index contributed by atoms with van der Waals surface area (Å²) in [6, 6.07) is 15.9. The number of hydrogen-bond donors (Lipinski definition) is 2. The summed E-state index contributed by atoms with van der Waals surface area (Å²) >= 11 is 0. The number of amides is 2. The molecule has 9 heteroatoms. The standard InChI is InChI=1S/C27H28N6O3/c1-16(2)29-27(34)30-19-9-7-18(8-10-19)26-23(14-28)22-12-11-21(35-15-25-32-31-17(3)36-25)13-24(22)33(26)20-5-4-6-20/h7-13,16,20H,4-6,15H2,1-3H3,(H2,29,30,34). The van der Waals surface area contributed by atoms with Gasteiger partial charge in [-0.3, -0.25) is 0 Å². The number of rotatable bonds is 7. The van der Waals surface area contributed by atoms with Crippen LogP contribution in [0.15, 0.2) is 46.9 Å². The molecule has 0 spiro atoms. The molecule has 0 atom stereocenters. The number of aryl methyl sites for hydroxylation is 1. The second-order valence-electron chi connectivity index (χ2n) is 9.30. The number of benzene rings is 2. The lowest BCUT2D eigenvalue weighted by Gasteiger charge is -2.30. The second-order valence-corrected chi connectivity index (χ2v) is 9.30. The number of aromatic nitrogens is 3. The van der Waals surface area contributed by atoms with Gasteiger partial charge in [0.05, 0.1) is 16.8 Å². The van der Waals surface area contributed by atoms with Gasteiger partial charge in [-0.15, -0.1) is 10.2 Å². The Hall–Kier alpha value is -4.32. The number of nitriles is 1. The van der Waals surface area contributed by atoms with Gasteiger partial charge in [-0.05, 0) is 62.9 Å². The molecule has 36 heavy (non-hydrogen) atoms. The molecule has 1 aliphatic rings. The predicted octanol–water partition coefficient (Wildman–Crippen LogP) is 5.71. The van der Waals surface area contributed by atoms with E-state index in [9.17, 15) is 10.1 Å². The van der Waals surface area contributed by atoms with Crippen LogP contribution < -0.4 is 15.4 Å². The highest BCUT2D eigenvalue weighted by Gasteiger charge is 2.28. The van der Waals surface area contributed by atoms with Gasteiger partial charge in [0.15, 0.2) is 6.61 Å². The highest BCUT2D eigenvalue weighted by Crippen LogP contribution is 2.43. The van der Waals surface area contributed by atoms with Crippen molar-refractivity contribution in [2.75, 3.05) is 5.32 Å². The van der Waals surface area contributed by atoms with Crippen molar-refractivity contribution in [2.24, 2.45) is 0 Å². The van der Waals surface area contributed by atoms with Gasteiger partial charge in [0.1, 0.15) is 11.8 Å². The van der Waals surface area contributed by atoms with Crippen LogP contribution in [0.3, 0.4) is 0 Å². The fourth-order valence-corrected chi connectivity index (χ4v) is 4.48. The van der Waals surface area contributed by atoms with Crippen molar-refractivity contribution in [3.8, 4) is 23.1 Å². The number of ether oxygens (including phenoxy) is 1. The van der Waals surface area contributed by atoms with E-state index in [1.165, 1.54) is 0 Å². The number of anilines is 1. The van der Waals surface area contributed by atoms with Crippen molar-refractivity contribution >= 4 is 22.6 Å². The summed E-state index contributed by atoms with van der Waals surface area (Å²) in [5, 5.41) is 24.5. The molecular weight excluding hydrogens is 456 g/mol. The van der Waals surface area contributed by atoms with Gasteiger partial charge in [-0.25, -0.2) is 4.79 Å². The summed E-state index contributed by atoms with van der Waals surface area (Å²) in [4.78, 5) is 12.1. The molecule has 2 aromatic heterocycles. The van der Waals surface area contributed by atoms with Crippen LogP contribution in [0, 0.1) is 18.3 Å². The van der Waals surface area contributed by atoms with Gasteiger partial charge in [-0.2, -0.15) is 5.26 Å². The summed E-state index contributed by atoms with van der Waals surface area (Å²) in [7, 11) is 0. The Kier molecular flexibility index (Phi) is 6.34. The minimum atomic E-state index is -0.248. The molecule has 4 aromatic rings. The van der Waals surface area contributed by atoms with Crippen LogP contribution in [-0.2, 0) is 6.61 Å². The molecule has 5 rings (SSSR count). The maximum atomic E-state index is 12.1. The second kappa shape index (κ2) is 9.74. The number of fused-ring (bicyclic) bond motifs is 1. The molecule has 1 aliphatic carbocycles. The topological polar surface area (TPSA) is 118 Å². The first-order valence-electron chi connectivity index (χ1n) is 12.1. The largest absolute Gasteiger partial charge is 0.484 e. The van der Waals surface area contributed by atoms with E-state index in [0.29, 0.717) is 34.8 Å². The van der Waals surface area contributed by atoms with E-state index in [-0.39, 0.29) is 18.7 Å². The van der Waals surface area contributed by atoms with E-state index in [0.717, 1.165) is 41.4 Å². The third kappa shape index (κ3) is 4.62. The molecule has 0 aliphatic heterocycles. The summed E-state index contributed by atoms with van der Waals surface area (Å²) in [5.41, 5.74) is 4.10. The number of carbonyl (C=O) groups is 1. The average Bonchev–Trinajstić information content (AvgIpc) is 3.37. The van der Waals surface area contributed by atoms with Gasteiger partial charge >= 0.3 is 6.03 Å². The fraction of sp³-hybridized carbons (Fsp3) is 0.333. The molecule has 2 aromatic carbocycles. The maximum Gasteiger partial charge on any atom is 0.319 e. The molecule has 184 valence electrons.